The Balaban J connectivity index is 1.85. The fourth-order valence-electron chi connectivity index (χ4n) is 3.96. The average molecular weight is 401 g/mol. The Kier molecular flexibility index (Phi) is 6.54. The van der Waals surface area contributed by atoms with E-state index < -0.39 is 36.8 Å². The molecule has 1 fully saturated rings. The van der Waals surface area contributed by atoms with E-state index in [-0.39, 0.29) is 17.9 Å². The molecule has 0 spiro atoms. The number of nitrogens with zero attached hydrogens (tertiary/aromatic N) is 1. The van der Waals surface area contributed by atoms with Crippen LogP contribution in [-0.4, -0.2) is 62.3 Å². The Morgan fingerprint density at radius 2 is 1.76 bits per heavy atom. The molecule has 1 aromatic carbocycles. The summed E-state index contributed by atoms with van der Waals surface area (Å²) in [5, 5.41) is 60.4. The van der Waals surface area contributed by atoms with Gasteiger partial charge in [-0.1, -0.05) is 37.3 Å². The molecule has 3 rings (SSSR count). The lowest BCUT2D eigenvalue weighted by Crippen LogP contribution is -2.66. The van der Waals surface area contributed by atoms with E-state index in [1.165, 1.54) is 11.6 Å². The van der Waals surface area contributed by atoms with Gasteiger partial charge in [-0.2, -0.15) is 5.26 Å². The lowest BCUT2D eigenvalue weighted by molar-refractivity contribution is -0.333. The Labute approximate surface area is 169 Å². The Bertz CT molecular complexity index is 825. The molecule has 1 aromatic rings. The van der Waals surface area contributed by atoms with Crippen molar-refractivity contribution < 1.29 is 30.3 Å². The van der Waals surface area contributed by atoms with Gasteiger partial charge in [0.2, 0.25) is 5.79 Å². The summed E-state index contributed by atoms with van der Waals surface area (Å²) in [6.45, 7) is 1.44. The molecule has 29 heavy (non-hydrogen) atoms. The Morgan fingerprint density at radius 3 is 2.34 bits per heavy atom. The standard InChI is InChI=1S/C22H27NO6/c1-2-13-3-5-14(6-4-13)9-16-10-17(8-7-15(16)11-23)22(28)21(27)20(26)19(25)18(12-24)29-22/h3-8,16,18-21,24-28H,2,9-10,12H2,1H3/t16?,18-,19-,20+,21-,22+/m1/s1. The van der Waals surface area contributed by atoms with E-state index in [1.54, 1.807) is 6.08 Å². The minimum Gasteiger partial charge on any atom is -0.394 e. The highest BCUT2D eigenvalue weighted by molar-refractivity contribution is 5.39. The van der Waals surface area contributed by atoms with Gasteiger partial charge in [0, 0.05) is 11.5 Å². The number of hydrogen-bond donors (Lipinski definition) is 5. The van der Waals surface area contributed by atoms with Crippen LogP contribution in [0.2, 0.25) is 0 Å². The summed E-state index contributed by atoms with van der Waals surface area (Å²) in [5.74, 6) is -2.52. The number of aliphatic hydroxyl groups excluding tert-OH is 4. The molecule has 2 aliphatic rings. The normalized spacial score (nSPS) is 34.9. The maximum atomic E-state index is 11.0. The zero-order valence-corrected chi connectivity index (χ0v) is 16.3. The van der Waals surface area contributed by atoms with Crippen LogP contribution in [0.25, 0.3) is 0 Å². The summed E-state index contributed by atoms with van der Waals surface area (Å²) >= 11 is 0. The maximum Gasteiger partial charge on any atom is 0.218 e. The zero-order chi connectivity index (χ0) is 21.2. The first-order valence-corrected chi connectivity index (χ1v) is 9.78. The molecule has 6 atom stereocenters. The number of rotatable bonds is 5. The van der Waals surface area contributed by atoms with Crippen LogP contribution in [0, 0.1) is 17.2 Å². The molecule has 5 N–H and O–H groups in total. The van der Waals surface area contributed by atoms with Crippen LogP contribution in [0.4, 0.5) is 0 Å². The molecule has 1 heterocycles. The number of aryl methyl sites for hydroxylation is 1. The summed E-state index contributed by atoms with van der Waals surface area (Å²) in [4.78, 5) is 0. The van der Waals surface area contributed by atoms with Crippen LogP contribution in [-0.2, 0) is 17.6 Å². The predicted molar refractivity (Wildman–Crippen MR) is 104 cm³/mol. The lowest BCUT2D eigenvalue weighted by Gasteiger charge is -2.47. The summed E-state index contributed by atoms with van der Waals surface area (Å²) in [6.07, 6.45) is -1.48. The van der Waals surface area contributed by atoms with Crippen molar-refractivity contribution in [1.82, 2.24) is 0 Å². The van der Waals surface area contributed by atoms with Crippen molar-refractivity contribution in [3.63, 3.8) is 0 Å². The van der Waals surface area contributed by atoms with Crippen LogP contribution in [0.3, 0.4) is 0 Å². The number of ether oxygens (including phenoxy) is 1. The molecule has 0 saturated carbocycles. The van der Waals surface area contributed by atoms with Crippen molar-refractivity contribution >= 4 is 0 Å². The van der Waals surface area contributed by atoms with Crippen LogP contribution in [0.15, 0.2) is 47.6 Å². The van der Waals surface area contributed by atoms with E-state index in [0.717, 1.165) is 12.0 Å². The monoisotopic (exact) mass is 401 g/mol. The molecule has 7 heteroatoms. The van der Waals surface area contributed by atoms with Gasteiger partial charge in [-0.05, 0) is 42.0 Å². The van der Waals surface area contributed by atoms with Crippen LogP contribution < -0.4 is 0 Å². The molecule has 1 aliphatic heterocycles. The molecular weight excluding hydrogens is 374 g/mol. The summed E-state index contributed by atoms with van der Waals surface area (Å²) in [5.41, 5.74) is 3.07. The summed E-state index contributed by atoms with van der Waals surface area (Å²) < 4.78 is 5.42. The Morgan fingerprint density at radius 1 is 1.10 bits per heavy atom. The largest absolute Gasteiger partial charge is 0.394 e. The second-order valence-electron chi connectivity index (χ2n) is 7.66. The first-order chi connectivity index (χ1) is 13.8. The highest BCUT2D eigenvalue weighted by Gasteiger charge is 2.54. The SMILES string of the molecule is CCc1ccc(CC2CC([C@]3(O)O[C@H](CO)[C@@H](O)[C@H](O)[C@H]3O)=CC=C2C#N)cc1. The van der Waals surface area contributed by atoms with E-state index in [9.17, 15) is 30.8 Å². The molecule has 7 nitrogen and oxygen atoms in total. The summed E-state index contributed by atoms with van der Waals surface area (Å²) in [7, 11) is 0. The third-order valence-corrected chi connectivity index (χ3v) is 5.84. The molecule has 0 aromatic heterocycles. The fraction of sp³-hybridized carbons (Fsp3) is 0.500. The second kappa shape index (κ2) is 8.76. The quantitative estimate of drug-likeness (QED) is 0.481. The molecular formula is C22H27NO6. The van der Waals surface area contributed by atoms with Crippen molar-refractivity contribution in [3.05, 3.63) is 58.7 Å². The van der Waals surface area contributed by atoms with Crippen LogP contribution >= 0.6 is 0 Å². The average Bonchev–Trinajstić information content (AvgIpc) is 2.75. The number of benzene rings is 1. The van der Waals surface area contributed by atoms with Gasteiger partial charge < -0.3 is 30.3 Å². The zero-order valence-electron chi connectivity index (χ0n) is 16.3. The van der Waals surface area contributed by atoms with E-state index >= 15 is 0 Å². The predicted octanol–water partition coefficient (Wildman–Crippen LogP) is 0.350. The van der Waals surface area contributed by atoms with Gasteiger partial charge in [0.25, 0.3) is 0 Å². The van der Waals surface area contributed by atoms with Crippen molar-refractivity contribution in [1.29, 1.82) is 5.26 Å². The first-order valence-electron chi connectivity index (χ1n) is 9.78. The molecule has 0 radical (unpaired) electrons. The van der Waals surface area contributed by atoms with E-state index in [4.69, 9.17) is 4.74 Å². The molecule has 0 bridgehead atoms. The lowest BCUT2D eigenvalue weighted by atomic mass is 9.77. The maximum absolute atomic E-state index is 11.0. The molecule has 1 saturated heterocycles. The van der Waals surface area contributed by atoms with Crippen LogP contribution in [0.5, 0.6) is 0 Å². The number of allylic oxidation sites excluding steroid dienone is 3. The van der Waals surface area contributed by atoms with Crippen molar-refractivity contribution in [3.8, 4) is 6.07 Å². The minimum absolute atomic E-state index is 0.226. The highest BCUT2D eigenvalue weighted by atomic mass is 16.7. The van der Waals surface area contributed by atoms with Crippen molar-refractivity contribution in [2.24, 2.45) is 5.92 Å². The molecule has 0 amide bonds. The number of hydrogen-bond acceptors (Lipinski definition) is 7. The van der Waals surface area contributed by atoms with Gasteiger partial charge in [0.1, 0.15) is 24.4 Å². The smallest absolute Gasteiger partial charge is 0.218 e. The van der Waals surface area contributed by atoms with Gasteiger partial charge in [0.15, 0.2) is 0 Å². The topological polar surface area (TPSA) is 134 Å². The van der Waals surface area contributed by atoms with Gasteiger partial charge >= 0.3 is 0 Å². The van der Waals surface area contributed by atoms with E-state index in [2.05, 4.69) is 13.0 Å². The van der Waals surface area contributed by atoms with Crippen molar-refractivity contribution in [2.45, 2.75) is 56.4 Å². The second-order valence-corrected chi connectivity index (χ2v) is 7.66. The highest BCUT2D eigenvalue weighted by Crippen LogP contribution is 2.40. The number of nitriles is 1. The first kappa shape index (κ1) is 21.7. The Hall–Kier alpha value is -2.05. The molecule has 1 aliphatic carbocycles. The van der Waals surface area contributed by atoms with Crippen LogP contribution in [0.1, 0.15) is 24.5 Å². The van der Waals surface area contributed by atoms with Gasteiger partial charge in [-0.15, -0.1) is 0 Å². The minimum atomic E-state index is -2.27. The number of aliphatic hydroxyl groups is 5. The fourth-order valence-corrected chi connectivity index (χ4v) is 3.96. The third-order valence-electron chi connectivity index (χ3n) is 5.84. The third kappa shape index (κ3) is 4.14. The molecule has 156 valence electrons. The van der Waals surface area contributed by atoms with Crippen molar-refractivity contribution in [2.75, 3.05) is 6.61 Å². The summed E-state index contributed by atoms with van der Waals surface area (Å²) in [6, 6.07) is 10.3. The van der Waals surface area contributed by atoms with Gasteiger partial charge in [0.05, 0.1) is 12.7 Å². The van der Waals surface area contributed by atoms with Gasteiger partial charge in [-0.3, -0.25) is 0 Å². The molecule has 1 unspecified atom stereocenters. The van der Waals surface area contributed by atoms with Gasteiger partial charge in [-0.25, -0.2) is 0 Å². The van der Waals surface area contributed by atoms with E-state index in [0.29, 0.717) is 12.0 Å². The van der Waals surface area contributed by atoms with E-state index in [1.807, 2.05) is 24.3 Å².